The Morgan fingerprint density at radius 1 is 1.50 bits per heavy atom. The Labute approximate surface area is 102 Å². The zero-order valence-corrected chi connectivity index (χ0v) is 11.0. The van der Waals surface area contributed by atoms with E-state index in [0.717, 1.165) is 24.3 Å². The van der Waals surface area contributed by atoms with E-state index >= 15 is 0 Å². The van der Waals surface area contributed by atoms with Crippen LogP contribution in [0.5, 0.6) is 0 Å². The van der Waals surface area contributed by atoms with E-state index in [1.807, 2.05) is 0 Å². The third-order valence-electron chi connectivity index (χ3n) is 3.55. The van der Waals surface area contributed by atoms with Gasteiger partial charge in [-0.15, -0.1) is 0 Å². The summed E-state index contributed by atoms with van der Waals surface area (Å²) in [6, 6.07) is 0.572. The molecule has 0 aromatic carbocycles. The van der Waals surface area contributed by atoms with E-state index in [9.17, 15) is 0 Å². The first-order chi connectivity index (χ1) is 7.76. The van der Waals surface area contributed by atoms with Crippen LogP contribution in [0.1, 0.15) is 38.4 Å². The monoisotopic (exact) mass is 239 g/mol. The van der Waals surface area contributed by atoms with Gasteiger partial charge in [-0.25, -0.2) is 0 Å². The van der Waals surface area contributed by atoms with Crippen LogP contribution in [-0.4, -0.2) is 34.1 Å². The van der Waals surface area contributed by atoms with Gasteiger partial charge in [-0.05, 0) is 44.6 Å². The van der Waals surface area contributed by atoms with Crippen LogP contribution in [0.2, 0.25) is 0 Å². The van der Waals surface area contributed by atoms with Crippen LogP contribution in [0.15, 0.2) is 6.20 Å². The Hall–Kier alpha value is -0.610. The second-order valence-electron chi connectivity index (χ2n) is 4.50. The van der Waals surface area contributed by atoms with Gasteiger partial charge in [-0.1, -0.05) is 13.8 Å². The maximum absolute atomic E-state index is 5.38. The largest absolute Gasteiger partial charge is 0.337 e. The Morgan fingerprint density at radius 2 is 2.31 bits per heavy atom. The Balaban J connectivity index is 2.22. The summed E-state index contributed by atoms with van der Waals surface area (Å²) in [4.78, 5) is 5.69. The third kappa shape index (κ3) is 2.23. The van der Waals surface area contributed by atoms with Gasteiger partial charge >= 0.3 is 0 Å². The third-order valence-corrected chi connectivity index (χ3v) is 3.86. The number of hydrogen-bond acceptors (Lipinski definition) is 2. The summed E-state index contributed by atoms with van der Waals surface area (Å²) < 4.78 is 3.22. The molecule has 0 aliphatic carbocycles. The van der Waals surface area contributed by atoms with Gasteiger partial charge in [-0.3, -0.25) is 0 Å². The fourth-order valence-corrected chi connectivity index (χ4v) is 2.94. The van der Waals surface area contributed by atoms with Crippen LogP contribution in [0.25, 0.3) is 0 Å². The lowest BCUT2D eigenvalue weighted by Gasteiger charge is -2.33. The molecular formula is C12H21N3S. The molecule has 16 heavy (non-hydrogen) atoms. The number of aromatic amines is 1. The molecule has 1 N–H and O–H groups in total. The van der Waals surface area contributed by atoms with Gasteiger partial charge in [0.25, 0.3) is 0 Å². The van der Waals surface area contributed by atoms with E-state index in [0.29, 0.717) is 6.04 Å². The molecule has 1 aromatic rings. The first-order valence-electron chi connectivity index (χ1n) is 6.27. The molecule has 2 rings (SSSR count). The van der Waals surface area contributed by atoms with E-state index in [1.165, 1.54) is 25.1 Å². The number of nitrogens with zero attached hydrogens (tertiary/aromatic N) is 2. The number of aromatic nitrogens is 2. The quantitative estimate of drug-likeness (QED) is 0.820. The van der Waals surface area contributed by atoms with Crippen LogP contribution >= 0.6 is 12.2 Å². The van der Waals surface area contributed by atoms with E-state index in [2.05, 4.69) is 34.5 Å². The molecule has 0 radical (unpaired) electrons. The molecule has 0 spiro atoms. The van der Waals surface area contributed by atoms with Gasteiger partial charge in [0.2, 0.25) is 0 Å². The molecule has 90 valence electrons. The van der Waals surface area contributed by atoms with Crippen LogP contribution in [0.4, 0.5) is 0 Å². The lowest BCUT2D eigenvalue weighted by molar-refractivity contribution is 0.182. The highest BCUT2D eigenvalue weighted by atomic mass is 32.1. The number of likely N-dealkylation sites (tertiary alicyclic amines) is 1. The zero-order valence-electron chi connectivity index (χ0n) is 10.2. The molecule has 0 saturated carbocycles. The minimum absolute atomic E-state index is 0.572. The zero-order chi connectivity index (χ0) is 11.5. The van der Waals surface area contributed by atoms with Crippen molar-refractivity contribution in [3.8, 4) is 0 Å². The number of likely N-dealkylation sites (N-methyl/N-ethyl adjacent to an activating group) is 1. The SMILES string of the molecule is CCc1c[nH]c(=S)n1C1CCCN(CC)C1. The van der Waals surface area contributed by atoms with Crippen molar-refractivity contribution in [3.05, 3.63) is 16.7 Å². The maximum atomic E-state index is 5.38. The molecule has 0 bridgehead atoms. The summed E-state index contributed by atoms with van der Waals surface area (Å²) >= 11 is 5.38. The van der Waals surface area contributed by atoms with Crippen molar-refractivity contribution in [2.75, 3.05) is 19.6 Å². The molecule has 3 nitrogen and oxygen atoms in total. The maximum Gasteiger partial charge on any atom is 0.177 e. The van der Waals surface area contributed by atoms with Crippen molar-refractivity contribution in [2.45, 2.75) is 39.2 Å². The first kappa shape index (κ1) is 11.9. The summed E-state index contributed by atoms with van der Waals surface area (Å²) in [5.41, 5.74) is 1.34. The molecule has 1 saturated heterocycles. The molecule has 1 unspecified atom stereocenters. The van der Waals surface area contributed by atoms with Gasteiger partial charge in [0.05, 0.1) is 0 Å². The number of H-pyrrole nitrogens is 1. The standard InChI is InChI=1S/C12H21N3S/c1-3-10-8-13-12(16)15(10)11-6-5-7-14(4-2)9-11/h8,11H,3-7,9H2,1-2H3,(H,13,16). The molecule has 4 heteroatoms. The molecule has 1 aliphatic rings. The van der Waals surface area contributed by atoms with Crippen LogP contribution in [0.3, 0.4) is 0 Å². The lowest BCUT2D eigenvalue weighted by Crippen LogP contribution is -2.36. The number of piperidine rings is 1. The van der Waals surface area contributed by atoms with E-state index in [-0.39, 0.29) is 0 Å². The molecule has 1 atom stereocenters. The Bertz CT molecular complexity index is 393. The Morgan fingerprint density at radius 3 is 3.00 bits per heavy atom. The summed E-state index contributed by atoms with van der Waals surface area (Å²) in [7, 11) is 0. The average Bonchev–Trinajstić information content (AvgIpc) is 2.70. The lowest BCUT2D eigenvalue weighted by atomic mass is 10.1. The summed E-state index contributed by atoms with van der Waals surface area (Å²) in [6.45, 7) is 7.96. The summed E-state index contributed by atoms with van der Waals surface area (Å²) in [5, 5.41) is 0. The normalized spacial score (nSPS) is 22.5. The number of imidazole rings is 1. The highest BCUT2D eigenvalue weighted by Gasteiger charge is 2.21. The second kappa shape index (κ2) is 5.15. The van der Waals surface area contributed by atoms with Gasteiger partial charge < -0.3 is 14.5 Å². The average molecular weight is 239 g/mol. The van der Waals surface area contributed by atoms with Crippen molar-refractivity contribution in [3.63, 3.8) is 0 Å². The number of hydrogen-bond donors (Lipinski definition) is 1. The van der Waals surface area contributed by atoms with Gasteiger partial charge in [0.1, 0.15) is 0 Å². The predicted octanol–water partition coefficient (Wildman–Crippen LogP) is 2.76. The van der Waals surface area contributed by atoms with Gasteiger partial charge in [0.15, 0.2) is 4.77 Å². The minimum atomic E-state index is 0.572. The van der Waals surface area contributed by atoms with E-state index < -0.39 is 0 Å². The van der Waals surface area contributed by atoms with Crippen molar-refractivity contribution in [1.29, 1.82) is 0 Å². The summed E-state index contributed by atoms with van der Waals surface area (Å²) in [5.74, 6) is 0. The molecule has 1 aromatic heterocycles. The first-order valence-corrected chi connectivity index (χ1v) is 6.68. The predicted molar refractivity (Wildman–Crippen MR) is 69.4 cm³/mol. The molecular weight excluding hydrogens is 218 g/mol. The van der Waals surface area contributed by atoms with Gasteiger partial charge in [0, 0.05) is 24.5 Å². The van der Waals surface area contributed by atoms with Crippen molar-refractivity contribution >= 4 is 12.2 Å². The second-order valence-corrected chi connectivity index (χ2v) is 4.88. The summed E-state index contributed by atoms with van der Waals surface area (Å²) in [6.07, 6.45) is 5.66. The fraction of sp³-hybridized carbons (Fsp3) is 0.750. The molecule has 1 fully saturated rings. The van der Waals surface area contributed by atoms with Crippen molar-refractivity contribution in [2.24, 2.45) is 0 Å². The smallest absolute Gasteiger partial charge is 0.177 e. The topological polar surface area (TPSA) is 24.0 Å². The van der Waals surface area contributed by atoms with Crippen LogP contribution < -0.4 is 0 Å². The van der Waals surface area contributed by atoms with E-state index in [4.69, 9.17) is 12.2 Å². The molecule has 1 aliphatic heterocycles. The number of rotatable bonds is 3. The van der Waals surface area contributed by atoms with Crippen LogP contribution in [0, 0.1) is 4.77 Å². The van der Waals surface area contributed by atoms with Crippen LogP contribution in [-0.2, 0) is 6.42 Å². The minimum Gasteiger partial charge on any atom is -0.337 e. The Kier molecular flexibility index (Phi) is 3.82. The highest BCUT2D eigenvalue weighted by molar-refractivity contribution is 7.71. The number of nitrogens with one attached hydrogen (secondary N) is 1. The fourth-order valence-electron chi connectivity index (χ4n) is 2.62. The number of aryl methyl sites for hydroxylation is 1. The van der Waals surface area contributed by atoms with Gasteiger partial charge in [-0.2, -0.15) is 0 Å². The van der Waals surface area contributed by atoms with E-state index in [1.54, 1.807) is 0 Å². The molecule has 2 heterocycles. The molecule has 0 amide bonds. The van der Waals surface area contributed by atoms with Crippen molar-refractivity contribution in [1.82, 2.24) is 14.5 Å². The van der Waals surface area contributed by atoms with Crippen molar-refractivity contribution < 1.29 is 0 Å². The highest BCUT2D eigenvalue weighted by Crippen LogP contribution is 2.23.